The van der Waals surface area contributed by atoms with Crippen LogP contribution in [0.5, 0.6) is 0 Å². The minimum atomic E-state index is 0.433. The lowest BCUT2D eigenvalue weighted by Crippen LogP contribution is -1.95. The lowest BCUT2D eigenvalue weighted by molar-refractivity contribution is 1.16. The van der Waals surface area contributed by atoms with Gasteiger partial charge in [-0.2, -0.15) is 0 Å². The monoisotopic (exact) mass is 378 g/mol. The van der Waals surface area contributed by atoms with Crippen molar-refractivity contribution in [3.8, 4) is 22.6 Å². The molecule has 3 aromatic rings. The molecule has 2 nitrogen and oxygen atoms in total. The molecule has 0 saturated heterocycles. The first-order chi connectivity index (χ1) is 10.1. The summed E-state index contributed by atoms with van der Waals surface area (Å²) in [5.74, 6) is 0.670. The fourth-order valence-corrected chi connectivity index (χ4v) is 3.68. The number of rotatable bonds is 2. The topological polar surface area (TPSA) is 25.8 Å². The van der Waals surface area contributed by atoms with Crippen LogP contribution in [0, 0.1) is 13.8 Å². The van der Waals surface area contributed by atoms with E-state index >= 15 is 0 Å². The van der Waals surface area contributed by atoms with Crippen molar-refractivity contribution in [2.75, 3.05) is 0 Å². The van der Waals surface area contributed by atoms with E-state index in [1.165, 1.54) is 9.75 Å². The molecule has 0 spiro atoms. The summed E-state index contributed by atoms with van der Waals surface area (Å²) in [4.78, 5) is 11.6. The Morgan fingerprint density at radius 2 is 1.81 bits per heavy atom. The molecular formula is C16H12BrClN2S. The fourth-order valence-electron chi connectivity index (χ4n) is 2.18. The number of halogens is 2. The van der Waals surface area contributed by atoms with Crippen LogP contribution in [0.2, 0.25) is 5.15 Å². The fraction of sp³-hybridized carbons (Fsp3) is 0.125. The highest BCUT2D eigenvalue weighted by atomic mass is 79.9. The predicted octanol–water partition coefficient (Wildman–Crippen LogP) is 5.90. The average Bonchev–Trinajstić information content (AvgIpc) is 2.81. The van der Waals surface area contributed by atoms with Gasteiger partial charge in [0, 0.05) is 20.9 Å². The maximum Gasteiger partial charge on any atom is 0.162 e. The van der Waals surface area contributed by atoms with Crippen LogP contribution in [0.25, 0.3) is 22.6 Å². The zero-order valence-corrected chi connectivity index (χ0v) is 14.7. The second-order valence-electron chi connectivity index (χ2n) is 4.69. The summed E-state index contributed by atoms with van der Waals surface area (Å²) < 4.78 is 0.726. The van der Waals surface area contributed by atoms with Gasteiger partial charge < -0.3 is 0 Å². The van der Waals surface area contributed by atoms with Crippen LogP contribution < -0.4 is 0 Å². The summed E-state index contributed by atoms with van der Waals surface area (Å²) in [6.45, 7) is 4.16. The average molecular weight is 380 g/mol. The quantitative estimate of drug-likeness (QED) is 0.518. The third-order valence-electron chi connectivity index (χ3n) is 3.14. The predicted molar refractivity (Wildman–Crippen MR) is 93.0 cm³/mol. The standard InChI is InChI=1S/C16H12BrClN2S/c1-9-8-12(10(2)21-9)16-19-14(13(17)15(18)20-16)11-6-4-3-5-7-11/h3-8H,1-2H3. The van der Waals surface area contributed by atoms with Crippen molar-refractivity contribution >= 4 is 38.9 Å². The van der Waals surface area contributed by atoms with E-state index < -0.39 is 0 Å². The second kappa shape index (κ2) is 5.87. The van der Waals surface area contributed by atoms with Gasteiger partial charge >= 0.3 is 0 Å². The zero-order valence-electron chi connectivity index (χ0n) is 11.5. The van der Waals surface area contributed by atoms with E-state index in [1.54, 1.807) is 11.3 Å². The van der Waals surface area contributed by atoms with Crippen molar-refractivity contribution in [1.82, 2.24) is 9.97 Å². The molecule has 0 N–H and O–H groups in total. The first-order valence-corrected chi connectivity index (χ1v) is 8.41. The van der Waals surface area contributed by atoms with Gasteiger partial charge in [-0.15, -0.1) is 11.3 Å². The first kappa shape index (κ1) is 14.7. The minimum absolute atomic E-state index is 0.433. The van der Waals surface area contributed by atoms with E-state index in [0.717, 1.165) is 21.3 Å². The smallest absolute Gasteiger partial charge is 0.162 e. The van der Waals surface area contributed by atoms with Gasteiger partial charge in [0.05, 0.1) is 10.2 Å². The zero-order chi connectivity index (χ0) is 15.0. The van der Waals surface area contributed by atoms with Gasteiger partial charge in [-0.25, -0.2) is 9.97 Å². The Morgan fingerprint density at radius 1 is 1.10 bits per heavy atom. The van der Waals surface area contributed by atoms with Crippen LogP contribution in [0.4, 0.5) is 0 Å². The summed E-state index contributed by atoms with van der Waals surface area (Å²) in [5, 5.41) is 0.433. The van der Waals surface area contributed by atoms with E-state index in [9.17, 15) is 0 Å². The Hall–Kier alpha value is -1.23. The molecule has 2 heterocycles. The molecule has 0 fully saturated rings. The van der Waals surface area contributed by atoms with Crippen molar-refractivity contribution in [3.63, 3.8) is 0 Å². The van der Waals surface area contributed by atoms with Gasteiger partial charge in [0.25, 0.3) is 0 Å². The number of benzene rings is 1. The van der Waals surface area contributed by atoms with E-state index in [0.29, 0.717) is 11.0 Å². The number of aryl methyl sites for hydroxylation is 2. The number of hydrogen-bond donors (Lipinski definition) is 0. The van der Waals surface area contributed by atoms with Crippen LogP contribution in [0.15, 0.2) is 40.9 Å². The molecule has 106 valence electrons. The summed E-state index contributed by atoms with van der Waals surface area (Å²) in [7, 11) is 0. The molecule has 0 aliphatic carbocycles. The van der Waals surface area contributed by atoms with Crippen LogP contribution in [0.1, 0.15) is 9.75 Å². The van der Waals surface area contributed by atoms with Gasteiger partial charge in [-0.3, -0.25) is 0 Å². The molecule has 0 radical (unpaired) electrons. The SMILES string of the molecule is Cc1cc(-c2nc(Cl)c(Br)c(-c3ccccc3)n2)c(C)s1. The molecule has 0 amide bonds. The molecule has 5 heteroatoms. The van der Waals surface area contributed by atoms with Crippen molar-refractivity contribution < 1.29 is 0 Å². The third kappa shape index (κ3) is 2.89. The number of thiophene rings is 1. The largest absolute Gasteiger partial charge is 0.227 e. The molecule has 2 aromatic heterocycles. The summed E-state index contributed by atoms with van der Waals surface area (Å²) >= 11 is 11.5. The molecule has 3 rings (SSSR count). The van der Waals surface area contributed by atoms with Gasteiger partial charge in [0.15, 0.2) is 5.82 Å². The highest BCUT2D eigenvalue weighted by molar-refractivity contribution is 9.10. The maximum atomic E-state index is 6.28. The molecule has 0 bridgehead atoms. The van der Waals surface area contributed by atoms with E-state index in [-0.39, 0.29) is 0 Å². The van der Waals surface area contributed by atoms with Crippen molar-refractivity contribution in [3.05, 3.63) is 55.8 Å². The van der Waals surface area contributed by atoms with Gasteiger partial charge in [0.2, 0.25) is 0 Å². The summed E-state index contributed by atoms with van der Waals surface area (Å²) in [6, 6.07) is 12.1. The van der Waals surface area contributed by atoms with Crippen LogP contribution in [-0.4, -0.2) is 9.97 Å². The van der Waals surface area contributed by atoms with Gasteiger partial charge in [0.1, 0.15) is 5.15 Å². The Balaban J connectivity index is 2.21. The lowest BCUT2D eigenvalue weighted by Gasteiger charge is -2.08. The minimum Gasteiger partial charge on any atom is -0.227 e. The van der Waals surface area contributed by atoms with E-state index in [4.69, 9.17) is 16.6 Å². The van der Waals surface area contributed by atoms with Crippen LogP contribution in [0.3, 0.4) is 0 Å². The van der Waals surface area contributed by atoms with Crippen molar-refractivity contribution in [2.24, 2.45) is 0 Å². The van der Waals surface area contributed by atoms with Crippen molar-refractivity contribution in [1.29, 1.82) is 0 Å². The molecule has 0 aliphatic heterocycles. The Labute approximate surface area is 141 Å². The number of aromatic nitrogens is 2. The Morgan fingerprint density at radius 3 is 2.43 bits per heavy atom. The number of nitrogens with zero attached hydrogens (tertiary/aromatic N) is 2. The van der Waals surface area contributed by atoms with Gasteiger partial charge in [-0.05, 0) is 35.8 Å². The van der Waals surface area contributed by atoms with E-state index in [2.05, 4.69) is 40.8 Å². The number of hydrogen-bond acceptors (Lipinski definition) is 3. The molecule has 0 aliphatic rings. The van der Waals surface area contributed by atoms with E-state index in [1.807, 2.05) is 30.3 Å². The Bertz CT molecular complexity index is 800. The Kier molecular flexibility index (Phi) is 4.11. The normalized spacial score (nSPS) is 10.9. The molecule has 0 unspecified atom stereocenters. The van der Waals surface area contributed by atoms with Crippen LogP contribution >= 0.6 is 38.9 Å². The first-order valence-electron chi connectivity index (χ1n) is 6.42. The second-order valence-corrected chi connectivity index (χ2v) is 7.31. The molecule has 21 heavy (non-hydrogen) atoms. The molecule has 1 aromatic carbocycles. The summed E-state index contributed by atoms with van der Waals surface area (Å²) in [6.07, 6.45) is 0. The third-order valence-corrected chi connectivity index (χ3v) is 5.36. The van der Waals surface area contributed by atoms with Crippen LogP contribution in [-0.2, 0) is 0 Å². The molecule has 0 saturated carbocycles. The highest BCUT2D eigenvalue weighted by Crippen LogP contribution is 2.35. The lowest BCUT2D eigenvalue weighted by atomic mass is 10.1. The maximum absolute atomic E-state index is 6.28. The molecular weight excluding hydrogens is 368 g/mol. The van der Waals surface area contributed by atoms with Crippen molar-refractivity contribution in [2.45, 2.75) is 13.8 Å². The van der Waals surface area contributed by atoms with Gasteiger partial charge in [-0.1, -0.05) is 41.9 Å². The highest BCUT2D eigenvalue weighted by Gasteiger charge is 2.16. The summed E-state index contributed by atoms with van der Waals surface area (Å²) in [5.41, 5.74) is 2.87. The molecule has 0 atom stereocenters.